The molecule has 3 aromatic rings. The van der Waals surface area contributed by atoms with Gasteiger partial charge in [-0.1, -0.05) is 30.3 Å². The number of anilines is 1. The van der Waals surface area contributed by atoms with E-state index in [0.29, 0.717) is 11.3 Å². The monoisotopic (exact) mass is 456 g/mol. The van der Waals surface area contributed by atoms with Gasteiger partial charge in [0.15, 0.2) is 12.4 Å². The molecule has 170 valence electrons. The summed E-state index contributed by atoms with van der Waals surface area (Å²) in [6.07, 6.45) is 0. The number of esters is 1. The number of Topliss-reactive ketones (excluding diaryl/α,β-unsaturated/α-hetero) is 1. The smallest absolute Gasteiger partial charge is 0.338 e. The van der Waals surface area contributed by atoms with Gasteiger partial charge in [-0.15, -0.1) is 0 Å². The van der Waals surface area contributed by atoms with Crippen LogP contribution in [0.25, 0.3) is 0 Å². The van der Waals surface area contributed by atoms with Crippen LogP contribution in [0, 0.1) is 0 Å². The minimum atomic E-state index is -0.799. The van der Waals surface area contributed by atoms with E-state index in [0.717, 1.165) is 10.5 Å². The Morgan fingerprint density at radius 2 is 1.47 bits per heavy atom. The number of ketones is 1. The Morgan fingerprint density at radius 1 is 0.824 bits per heavy atom. The summed E-state index contributed by atoms with van der Waals surface area (Å²) in [5, 5.41) is 2.57. The number of hydrogen-bond acceptors (Lipinski definition) is 6. The van der Waals surface area contributed by atoms with Gasteiger partial charge in [0.2, 0.25) is 0 Å². The number of nitrogens with one attached hydrogen (secondary N) is 1. The van der Waals surface area contributed by atoms with Crippen molar-refractivity contribution < 1.29 is 28.7 Å². The third-order valence-corrected chi connectivity index (χ3v) is 5.30. The first-order chi connectivity index (χ1) is 16.3. The highest BCUT2D eigenvalue weighted by atomic mass is 16.5. The Bertz CT molecular complexity index is 1300. The van der Waals surface area contributed by atoms with Crippen molar-refractivity contribution in [3.8, 4) is 0 Å². The summed E-state index contributed by atoms with van der Waals surface area (Å²) in [6.45, 7) is 1.02. The van der Waals surface area contributed by atoms with Crippen LogP contribution in [0.5, 0.6) is 0 Å². The molecule has 0 saturated carbocycles. The number of amides is 3. The molecular weight excluding hydrogens is 436 g/mol. The van der Waals surface area contributed by atoms with Crippen LogP contribution in [0.1, 0.15) is 53.9 Å². The van der Waals surface area contributed by atoms with Crippen molar-refractivity contribution in [1.82, 2.24) is 4.90 Å². The first kappa shape index (κ1) is 22.6. The zero-order chi connectivity index (χ0) is 24.2. The highest BCUT2D eigenvalue weighted by Crippen LogP contribution is 2.26. The van der Waals surface area contributed by atoms with E-state index in [1.165, 1.54) is 25.1 Å². The van der Waals surface area contributed by atoms with E-state index < -0.39 is 30.3 Å². The van der Waals surface area contributed by atoms with E-state index in [2.05, 4.69) is 5.32 Å². The van der Waals surface area contributed by atoms with E-state index in [9.17, 15) is 24.0 Å². The maximum atomic E-state index is 12.8. The molecule has 34 heavy (non-hydrogen) atoms. The van der Waals surface area contributed by atoms with Crippen molar-refractivity contribution in [3.63, 3.8) is 0 Å². The molecule has 0 atom stereocenters. The zero-order valence-electron chi connectivity index (χ0n) is 18.2. The third-order valence-electron chi connectivity index (χ3n) is 5.30. The lowest BCUT2D eigenvalue weighted by molar-refractivity contribution is -0.119. The predicted molar refractivity (Wildman–Crippen MR) is 122 cm³/mol. The van der Waals surface area contributed by atoms with E-state index >= 15 is 0 Å². The number of carbonyl (C=O) groups excluding carboxylic acids is 5. The molecule has 0 spiro atoms. The summed E-state index contributed by atoms with van der Waals surface area (Å²) in [4.78, 5) is 62.4. The molecule has 4 rings (SSSR count). The molecule has 1 heterocycles. The van der Waals surface area contributed by atoms with Gasteiger partial charge in [0.1, 0.15) is 0 Å². The lowest BCUT2D eigenvalue weighted by Crippen LogP contribution is -2.29. The molecule has 1 N–H and O–H groups in total. The number of hydrogen-bond donors (Lipinski definition) is 1. The van der Waals surface area contributed by atoms with Crippen LogP contribution in [0.2, 0.25) is 0 Å². The van der Waals surface area contributed by atoms with Gasteiger partial charge in [-0.3, -0.25) is 24.1 Å². The van der Waals surface area contributed by atoms with Crippen LogP contribution in [-0.2, 0) is 16.1 Å². The highest BCUT2D eigenvalue weighted by molar-refractivity contribution is 6.21. The summed E-state index contributed by atoms with van der Waals surface area (Å²) >= 11 is 0. The minimum absolute atomic E-state index is 0.0556. The van der Waals surface area contributed by atoms with Crippen LogP contribution in [0.3, 0.4) is 0 Å². The molecule has 0 radical (unpaired) electrons. The van der Waals surface area contributed by atoms with Crippen LogP contribution in [-0.4, -0.2) is 41.0 Å². The Balaban J connectivity index is 1.38. The number of fused-ring (bicyclic) bond motifs is 1. The number of ether oxygens (including phenoxy) is 1. The largest absolute Gasteiger partial charge is 0.452 e. The lowest BCUT2D eigenvalue weighted by atomic mass is 10.1. The molecule has 0 aromatic heterocycles. The highest BCUT2D eigenvalue weighted by Gasteiger charge is 2.36. The Morgan fingerprint density at radius 3 is 2.15 bits per heavy atom. The Labute approximate surface area is 195 Å². The average molecular weight is 456 g/mol. The molecule has 1 aliphatic heterocycles. The molecule has 1 aliphatic rings. The summed E-state index contributed by atoms with van der Waals surface area (Å²) in [6, 6.07) is 19.5. The topological polar surface area (TPSA) is 110 Å². The Kier molecular flexibility index (Phi) is 6.31. The number of carbonyl (C=O) groups is 5. The fourth-order valence-corrected chi connectivity index (χ4v) is 3.53. The van der Waals surface area contributed by atoms with Crippen molar-refractivity contribution in [2.24, 2.45) is 0 Å². The lowest BCUT2D eigenvalue weighted by Gasteiger charge is -2.13. The molecule has 3 aromatic carbocycles. The van der Waals surface area contributed by atoms with Crippen LogP contribution in [0.4, 0.5) is 5.69 Å². The number of nitrogens with zero attached hydrogens (tertiary/aromatic N) is 1. The predicted octanol–water partition coefficient (Wildman–Crippen LogP) is 3.48. The van der Waals surface area contributed by atoms with Gasteiger partial charge in [0, 0.05) is 11.3 Å². The van der Waals surface area contributed by atoms with E-state index in [4.69, 9.17) is 4.74 Å². The first-order valence-electron chi connectivity index (χ1n) is 10.5. The Hall–Kier alpha value is -4.59. The second-order valence-corrected chi connectivity index (χ2v) is 7.70. The molecule has 0 saturated heterocycles. The van der Waals surface area contributed by atoms with Gasteiger partial charge >= 0.3 is 5.97 Å². The molecule has 3 amide bonds. The summed E-state index contributed by atoms with van der Waals surface area (Å²) in [5.74, 6) is -2.38. The fraction of sp³-hybridized carbons (Fsp3) is 0.115. The van der Waals surface area contributed by atoms with E-state index in [-0.39, 0.29) is 29.0 Å². The fourth-order valence-electron chi connectivity index (χ4n) is 3.53. The maximum absolute atomic E-state index is 12.8. The van der Waals surface area contributed by atoms with Crippen molar-refractivity contribution in [2.75, 3.05) is 11.9 Å². The summed E-state index contributed by atoms with van der Waals surface area (Å²) in [7, 11) is 0. The zero-order valence-corrected chi connectivity index (χ0v) is 18.2. The summed E-state index contributed by atoms with van der Waals surface area (Å²) in [5.41, 5.74) is 2.15. The SMILES string of the molecule is CC(=O)c1ccc(NC(=O)COC(=O)c2ccc3c(c2)C(=O)N(Cc2ccccc2)C3=O)cc1. The maximum Gasteiger partial charge on any atom is 0.338 e. The van der Waals surface area contributed by atoms with Gasteiger partial charge in [-0.05, 0) is 55.0 Å². The first-order valence-corrected chi connectivity index (χ1v) is 10.5. The molecule has 8 nitrogen and oxygen atoms in total. The molecular formula is C26H20N2O6. The molecule has 8 heteroatoms. The quantitative estimate of drug-likeness (QED) is 0.331. The molecule has 0 bridgehead atoms. The number of imide groups is 1. The van der Waals surface area contributed by atoms with E-state index in [1.807, 2.05) is 30.3 Å². The average Bonchev–Trinajstić information content (AvgIpc) is 3.08. The number of rotatable bonds is 7. The molecule has 0 aliphatic carbocycles. The van der Waals surface area contributed by atoms with Gasteiger partial charge in [0.05, 0.1) is 23.2 Å². The second-order valence-electron chi connectivity index (χ2n) is 7.70. The third kappa shape index (κ3) is 4.75. The van der Waals surface area contributed by atoms with Crippen molar-refractivity contribution in [1.29, 1.82) is 0 Å². The second kappa shape index (κ2) is 9.50. The minimum Gasteiger partial charge on any atom is -0.452 e. The van der Waals surface area contributed by atoms with Crippen LogP contribution >= 0.6 is 0 Å². The van der Waals surface area contributed by atoms with Gasteiger partial charge in [-0.25, -0.2) is 4.79 Å². The molecule has 0 fully saturated rings. The van der Waals surface area contributed by atoms with Gasteiger partial charge < -0.3 is 10.1 Å². The normalized spacial score (nSPS) is 12.3. The van der Waals surface area contributed by atoms with Crippen LogP contribution in [0.15, 0.2) is 72.8 Å². The van der Waals surface area contributed by atoms with E-state index in [1.54, 1.807) is 24.3 Å². The van der Waals surface area contributed by atoms with Gasteiger partial charge in [-0.2, -0.15) is 0 Å². The standard InChI is InChI=1S/C26H20N2O6/c1-16(29)18-7-10-20(11-8-18)27-23(30)15-34-26(33)19-9-12-21-22(13-19)25(32)28(24(21)31)14-17-5-3-2-4-6-17/h2-13H,14-15H2,1H3,(H,27,30). The number of benzene rings is 3. The van der Waals surface area contributed by atoms with Crippen LogP contribution < -0.4 is 5.32 Å². The molecule has 0 unspecified atom stereocenters. The van der Waals surface area contributed by atoms with Crippen molar-refractivity contribution in [2.45, 2.75) is 13.5 Å². The van der Waals surface area contributed by atoms with Gasteiger partial charge in [0.25, 0.3) is 17.7 Å². The summed E-state index contributed by atoms with van der Waals surface area (Å²) < 4.78 is 5.05. The van der Waals surface area contributed by atoms with Crippen molar-refractivity contribution in [3.05, 3.63) is 101 Å². The van der Waals surface area contributed by atoms with Crippen molar-refractivity contribution >= 4 is 35.2 Å².